The minimum atomic E-state index is -0.592. The Balaban J connectivity index is 1.62. The number of nitrogens with zero attached hydrogens (tertiary/aromatic N) is 1. The van der Waals surface area contributed by atoms with Gasteiger partial charge in [0.25, 0.3) is 0 Å². The van der Waals surface area contributed by atoms with Crippen LogP contribution in [-0.4, -0.2) is 0 Å². The van der Waals surface area contributed by atoms with E-state index in [2.05, 4.69) is 6.92 Å². The SMILES string of the molecule is CCC1CCC(CCC2CCC(C=C(F)C#N)CC2)CC1. The molecule has 0 unspecified atom stereocenters. The van der Waals surface area contributed by atoms with Gasteiger partial charge in [-0.3, -0.25) is 0 Å². The summed E-state index contributed by atoms with van der Waals surface area (Å²) < 4.78 is 13.0. The van der Waals surface area contributed by atoms with Crippen LogP contribution < -0.4 is 0 Å². The molecular formula is C19H30FN. The predicted octanol–water partition coefficient (Wildman–Crippen LogP) is 6.17. The molecular weight excluding hydrogens is 261 g/mol. The summed E-state index contributed by atoms with van der Waals surface area (Å²) in [6.07, 6.45) is 16.1. The van der Waals surface area contributed by atoms with Gasteiger partial charge in [-0.25, -0.2) is 0 Å². The van der Waals surface area contributed by atoms with Crippen molar-refractivity contribution in [3.8, 4) is 6.07 Å². The average Bonchev–Trinajstić information content (AvgIpc) is 2.54. The highest BCUT2D eigenvalue weighted by molar-refractivity contribution is 5.13. The van der Waals surface area contributed by atoms with Gasteiger partial charge in [0.05, 0.1) is 0 Å². The number of rotatable bonds is 5. The van der Waals surface area contributed by atoms with Crippen LogP contribution in [0.2, 0.25) is 0 Å². The fourth-order valence-electron chi connectivity index (χ4n) is 4.29. The fourth-order valence-corrected chi connectivity index (χ4v) is 4.29. The van der Waals surface area contributed by atoms with E-state index in [1.54, 1.807) is 12.1 Å². The summed E-state index contributed by atoms with van der Waals surface area (Å²) in [5, 5.41) is 8.49. The molecule has 2 aliphatic carbocycles. The predicted molar refractivity (Wildman–Crippen MR) is 85.2 cm³/mol. The summed E-state index contributed by atoms with van der Waals surface area (Å²) in [6, 6.07) is 1.59. The van der Waals surface area contributed by atoms with E-state index in [0.29, 0.717) is 5.92 Å². The van der Waals surface area contributed by atoms with Crippen molar-refractivity contribution in [3.05, 3.63) is 11.9 Å². The summed E-state index contributed by atoms with van der Waals surface area (Å²) in [5.74, 6) is 2.54. The molecule has 0 aliphatic heterocycles. The summed E-state index contributed by atoms with van der Waals surface area (Å²) in [6.45, 7) is 2.33. The van der Waals surface area contributed by atoms with Crippen molar-refractivity contribution in [3.63, 3.8) is 0 Å². The first-order chi connectivity index (χ1) is 10.2. The molecule has 2 fully saturated rings. The maximum atomic E-state index is 13.0. The molecule has 21 heavy (non-hydrogen) atoms. The van der Waals surface area contributed by atoms with Crippen molar-refractivity contribution in [2.45, 2.75) is 77.6 Å². The van der Waals surface area contributed by atoms with Crippen LogP contribution in [0.3, 0.4) is 0 Å². The Labute approximate surface area is 129 Å². The molecule has 0 bridgehead atoms. The first kappa shape index (κ1) is 16.5. The third kappa shape index (κ3) is 5.46. The lowest BCUT2D eigenvalue weighted by Crippen LogP contribution is -2.17. The first-order valence-electron chi connectivity index (χ1n) is 8.98. The highest BCUT2D eigenvalue weighted by Gasteiger charge is 2.23. The molecule has 0 amide bonds. The van der Waals surface area contributed by atoms with Gasteiger partial charge in [-0.15, -0.1) is 0 Å². The van der Waals surface area contributed by atoms with Crippen molar-refractivity contribution in [2.24, 2.45) is 23.7 Å². The van der Waals surface area contributed by atoms with Crippen molar-refractivity contribution in [2.75, 3.05) is 0 Å². The van der Waals surface area contributed by atoms with E-state index >= 15 is 0 Å². The quantitative estimate of drug-likeness (QED) is 0.556. The van der Waals surface area contributed by atoms with E-state index in [9.17, 15) is 4.39 Å². The highest BCUT2D eigenvalue weighted by atomic mass is 19.1. The third-order valence-electron chi connectivity index (χ3n) is 5.91. The molecule has 0 heterocycles. The van der Waals surface area contributed by atoms with Gasteiger partial charge in [-0.2, -0.15) is 9.65 Å². The number of nitriles is 1. The van der Waals surface area contributed by atoms with Crippen LogP contribution in [0.1, 0.15) is 77.6 Å². The van der Waals surface area contributed by atoms with Gasteiger partial charge in [0.15, 0.2) is 5.83 Å². The monoisotopic (exact) mass is 291 g/mol. The molecule has 0 spiro atoms. The van der Waals surface area contributed by atoms with Gasteiger partial charge >= 0.3 is 0 Å². The maximum absolute atomic E-state index is 13.0. The van der Waals surface area contributed by atoms with Crippen LogP contribution in [-0.2, 0) is 0 Å². The molecule has 0 saturated heterocycles. The summed E-state index contributed by atoms with van der Waals surface area (Å²) in [7, 11) is 0. The maximum Gasteiger partial charge on any atom is 0.196 e. The Morgan fingerprint density at radius 2 is 1.43 bits per heavy atom. The lowest BCUT2D eigenvalue weighted by molar-refractivity contribution is 0.224. The number of hydrogen-bond acceptors (Lipinski definition) is 1. The average molecular weight is 291 g/mol. The van der Waals surface area contributed by atoms with Gasteiger partial charge < -0.3 is 0 Å². The smallest absolute Gasteiger partial charge is 0.195 e. The molecule has 0 radical (unpaired) electrons. The van der Waals surface area contributed by atoms with Gasteiger partial charge in [0, 0.05) is 0 Å². The topological polar surface area (TPSA) is 23.8 Å². The summed E-state index contributed by atoms with van der Waals surface area (Å²) in [5.41, 5.74) is 0. The molecule has 0 aromatic carbocycles. The Bertz CT molecular complexity index is 366. The zero-order valence-corrected chi connectivity index (χ0v) is 13.5. The largest absolute Gasteiger partial charge is 0.196 e. The number of halogens is 1. The molecule has 2 saturated carbocycles. The number of hydrogen-bond donors (Lipinski definition) is 0. The van der Waals surface area contributed by atoms with E-state index in [-0.39, 0.29) is 0 Å². The molecule has 1 nitrogen and oxygen atoms in total. The van der Waals surface area contributed by atoms with Crippen molar-refractivity contribution in [1.29, 1.82) is 5.26 Å². The Morgan fingerprint density at radius 1 is 0.952 bits per heavy atom. The second kappa shape index (κ2) is 8.57. The molecule has 2 aliphatic rings. The standard InChI is InChI=1S/C19H30FN/c1-2-15-3-5-16(6-4-15)7-8-17-9-11-18(12-10-17)13-19(20)14-21/h13,15-18H,2-12H2,1H3. The van der Waals surface area contributed by atoms with Crippen LogP contribution in [0.25, 0.3) is 0 Å². The van der Waals surface area contributed by atoms with E-state index in [4.69, 9.17) is 5.26 Å². The molecule has 2 rings (SSSR count). The summed E-state index contributed by atoms with van der Waals surface area (Å²) in [4.78, 5) is 0. The molecule has 2 heteroatoms. The fraction of sp³-hybridized carbons (Fsp3) is 0.842. The molecule has 0 N–H and O–H groups in total. The third-order valence-corrected chi connectivity index (χ3v) is 5.91. The Kier molecular flexibility index (Phi) is 6.74. The van der Waals surface area contributed by atoms with Crippen molar-refractivity contribution in [1.82, 2.24) is 0 Å². The lowest BCUT2D eigenvalue weighted by Gasteiger charge is -2.31. The van der Waals surface area contributed by atoms with Crippen LogP contribution in [0.5, 0.6) is 0 Å². The zero-order valence-electron chi connectivity index (χ0n) is 13.5. The Morgan fingerprint density at radius 3 is 1.90 bits per heavy atom. The van der Waals surface area contributed by atoms with E-state index < -0.39 is 5.83 Å². The zero-order chi connectivity index (χ0) is 15.1. The molecule has 118 valence electrons. The lowest BCUT2D eigenvalue weighted by atomic mass is 9.75. The minimum absolute atomic E-state index is 0.306. The minimum Gasteiger partial charge on any atom is -0.195 e. The second-order valence-corrected chi connectivity index (χ2v) is 7.28. The van der Waals surface area contributed by atoms with Crippen LogP contribution >= 0.6 is 0 Å². The number of allylic oxidation sites excluding steroid dienone is 2. The van der Waals surface area contributed by atoms with Crippen LogP contribution in [0, 0.1) is 35.0 Å². The van der Waals surface area contributed by atoms with E-state index in [1.165, 1.54) is 57.8 Å². The van der Waals surface area contributed by atoms with Crippen LogP contribution in [0.15, 0.2) is 11.9 Å². The van der Waals surface area contributed by atoms with Gasteiger partial charge in [0.1, 0.15) is 6.07 Å². The van der Waals surface area contributed by atoms with Gasteiger partial charge in [0.2, 0.25) is 0 Å². The van der Waals surface area contributed by atoms with Crippen LogP contribution in [0.4, 0.5) is 4.39 Å². The Hall–Kier alpha value is -0.840. The highest BCUT2D eigenvalue weighted by Crippen LogP contribution is 2.37. The van der Waals surface area contributed by atoms with Gasteiger partial charge in [-0.1, -0.05) is 51.9 Å². The normalized spacial score (nSPS) is 34.4. The van der Waals surface area contributed by atoms with E-state index in [0.717, 1.165) is 30.6 Å². The van der Waals surface area contributed by atoms with Crippen molar-refractivity contribution < 1.29 is 4.39 Å². The first-order valence-corrected chi connectivity index (χ1v) is 8.98. The van der Waals surface area contributed by atoms with Crippen molar-refractivity contribution >= 4 is 0 Å². The molecule has 0 atom stereocenters. The molecule has 0 aromatic heterocycles. The van der Waals surface area contributed by atoms with E-state index in [1.807, 2.05) is 0 Å². The summed E-state index contributed by atoms with van der Waals surface area (Å²) >= 11 is 0. The van der Waals surface area contributed by atoms with Gasteiger partial charge in [-0.05, 0) is 55.4 Å². The second-order valence-electron chi connectivity index (χ2n) is 7.28. The molecule has 0 aromatic rings.